The van der Waals surface area contributed by atoms with Crippen LogP contribution in [0.1, 0.15) is 11.1 Å². The Morgan fingerprint density at radius 3 is 1.97 bits per heavy atom. The molecule has 0 aliphatic heterocycles. The third kappa shape index (κ3) is 3.23. The second kappa shape index (κ2) is 7.06. The minimum atomic E-state index is 0.896. The van der Waals surface area contributed by atoms with Crippen molar-refractivity contribution in [3.63, 3.8) is 0 Å². The molecule has 0 fully saturated rings. The predicted molar refractivity (Wildman–Crippen MR) is 122 cm³/mol. The van der Waals surface area contributed by atoms with Gasteiger partial charge in [-0.05, 0) is 24.6 Å². The molecule has 29 heavy (non-hydrogen) atoms. The van der Waals surface area contributed by atoms with E-state index >= 15 is 0 Å². The Hall–Kier alpha value is -3.65. The summed E-state index contributed by atoms with van der Waals surface area (Å²) >= 11 is 0. The van der Waals surface area contributed by atoms with Crippen molar-refractivity contribution in [2.75, 3.05) is 0 Å². The van der Waals surface area contributed by atoms with E-state index in [0.29, 0.717) is 0 Å². The normalized spacial score (nSPS) is 11.1. The number of rotatable bonds is 3. The second-order valence-electron chi connectivity index (χ2n) is 7.57. The number of aromatic nitrogens is 2. The van der Waals surface area contributed by atoms with Crippen LogP contribution < -0.4 is 0 Å². The van der Waals surface area contributed by atoms with Crippen molar-refractivity contribution < 1.29 is 0 Å². The zero-order valence-electron chi connectivity index (χ0n) is 16.6. The molecule has 0 saturated carbocycles. The second-order valence-corrected chi connectivity index (χ2v) is 7.57. The fraction of sp³-hybridized carbons (Fsp3) is 0.0741. The van der Waals surface area contributed by atoms with Crippen LogP contribution in [0, 0.1) is 13.8 Å². The fourth-order valence-electron chi connectivity index (χ4n) is 3.78. The lowest BCUT2D eigenvalue weighted by molar-refractivity contribution is 1.32. The van der Waals surface area contributed by atoms with Crippen molar-refractivity contribution in [3.05, 3.63) is 102 Å². The minimum Gasteiger partial charge on any atom is -0.337 e. The standard InChI is InChI=1S/C27H22N2/c1-18-10-14-21(15-11-18)25-26(22-16-12-19(2)13-17-22)29-27(28-25)24-9-5-7-20-6-3-4-8-23(20)24/h3-17H,1-2H3,(H,28,29). The topological polar surface area (TPSA) is 28.7 Å². The lowest BCUT2D eigenvalue weighted by atomic mass is 10.0. The summed E-state index contributed by atoms with van der Waals surface area (Å²) in [4.78, 5) is 8.70. The maximum atomic E-state index is 5.07. The molecule has 0 unspecified atom stereocenters. The fourth-order valence-corrected chi connectivity index (χ4v) is 3.78. The summed E-state index contributed by atoms with van der Waals surface area (Å²) < 4.78 is 0. The molecule has 1 heterocycles. The van der Waals surface area contributed by atoms with Crippen molar-refractivity contribution in [2.24, 2.45) is 0 Å². The maximum absolute atomic E-state index is 5.07. The number of fused-ring (bicyclic) bond motifs is 1. The molecular weight excluding hydrogens is 352 g/mol. The molecule has 5 rings (SSSR count). The molecule has 2 heteroatoms. The highest BCUT2D eigenvalue weighted by Gasteiger charge is 2.16. The van der Waals surface area contributed by atoms with Crippen LogP contribution in [0.25, 0.3) is 44.7 Å². The van der Waals surface area contributed by atoms with E-state index in [2.05, 4.69) is 110 Å². The van der Waals surface area contributed by atoms with Gasteiger partial charge >= 0.3 is 0 Å². The quantitative estimate of drug-likeness (QED) is 0.356. The number of nitrogens with zero attached hydrogens (tertiary/aromatic N) is 1. The van der Waals surface area contributed by atoms with E-state index in [-0.39, 0.29) is 0 Å². The Morgan fingerprint density at radius 2 is 1.24 bits per heavy atom. The van der Waals surface area contributed by atoms with Crippen molar-refractivity contribution in [1.29, 1.82) is 0 Å². The van der Waals surface area contributed by atoms with E-state index in [1.165, 1.54) is 21.9 Å². The molecule has 140 valence electrons. The highest BCUT2D eigenvalue weighted by atomic mass is 14.9. The molecule has 0 radical (unpaired) electrons. The van der Waals surface area contributed by atoms with Gasteiger partial charge in [-0.15, -0.1) is 0 Å². The van der Waals surface area contributed by atoms with Crippen LogP contribution in [0.5, 0.6) is 0 Å². The van der Waals surface area contributed by atoms with Gasteiger partial charge in [0.15, 0.2) is 0 Å². The van der Waals surface area contributed by atoms with E-state index in [0.717, 1.165) is 33.9 Å². The molecular formula is C27H22N2. The number of nitrogens with one attached hydrogen (secondary N) is 1. The summed E-state index contributed by atoms with van der Waals surface area (Å²) in [6.45, 7) is 4.22. The molecule has 2 nitrogen and oxygen atoms in total. The molecule has 0 amide bonds. The smallest absolute Gasteiger partial charge is 0.139 e. The molecule has 0 atom stereocenters. The predicted octanol–water partition coefficient (Wildman–Crippen LogP) is 7.18. The average molecular weight is 374 g/mol. The largest absolute Gasteiger partial charge is 0.337 e. The van der Waals surface area contributed by atoms with Gasteiger partial charge in [0, 0.05) is 16.7 Å². The number of imidazole rings is 1. The zero-order valence-corrected chi connectivity index (χ0v) is 16.6. The molecule has 0 aliphatic carbocycles. The van der Waals surface area contributed by atoms with E-state index in [9.17, 15) is 0 Å². The SMILES string of the molecule is Cc1ccc(-c2nc(-c3cccc4ccccc34)[nH]c2-c2ccc(C)cc2)cc1. The molecule has 0 spiro atoms. The molecule has 0 bridgehead atoms. The summed E-state index contributed by atoms with van der Waals surface area (Å²) in [5.41, 5.74) is 7.91. The van der Waals surface area contributed by atoms with Gasteiger partial charge < -0.3 is 4.98 Å². The van der Waals surface area contributed by atoms with Crippen molar-refractivity contribution >= 4 is 10.8 Å². The first-order chi connectivity index (χ1) is 14.2. The van der Waals surface area contributed by atoms with Crippen LogP contribution in [0.3, 0.4) is 0 Å². The van der Waals surface area contributed by atoms with Gasteiger partial charge in [0.2, 0.25) is 0 Å². The third-order valence-corrected chi connectivity index (χ3v) is 5.41. The van der Waals surface area contributed by atoms with Gasteiger partial charge in [-0.1, -0.05) is 102 Å². The summed E-state index contributed by atoms with van der Waals surface area (Å²) in [6.07, 6.45) is 0. The van der Waals surface area contributed by atoms with Crippen molar-refractivity contribution in [3.8, 4) is 33.9 Å². The van der Waals surface area contributed by atoms with Gasteiger partial charge in [0.1, 0.15) is 5.82 Å². The van der Waals surface area contributed by atoms with E-state index < -0.39 is 0 Å². The van der Waals surface area contributed by atoms with Crippen LogP contribution in [-0.4, -0.2) is 9.97 Å². The van der Waals surface area contributed by atoms with Gasteiger partial charge in [-0.2, -0.15) is 0 Å². The van der Waals surface area contributed by atoms with Crippen LogP contribution in [0.2, 0.25) is 0 Å². The molecule has 1 aromatic heterocycles. The monoisotopic (exact) mass is 374 g/mol. The van der Waals surface area contributed by atoms with Crippen LogP contribution in [-0.2, 0) is 0 Å². The zero-order chi connectivity index (χ0) is 19.8. The molecule has 1 N–H and O–H groups in total. The van der Waals surface area contributed by atoms with E-state index in [1.807, 2.05) is 0 Å². The maximum Gasteiger partial charge on any atom is 0.139 e. The lowest BCUT2D eigenvalue weighted by Gasteiger charge is -2.04. The van der Waals surface area contributed by atoms with Crippen LogP contribution in [0.15, 0.2) is 91.0 Å². The Labute approximate surface area is 170 Å². The first-order valence-electron chi connectivity index (χ1n) is 9.91. The summed E-state index contributed by atoms with van der Waals surface area (Å²) in [5.74, 6) is 0.896. The first-order valence-corrected chi connectivity index (χ1v) is 9.91. The summed E-state index contributed by atoms with van der Waals surface area (Å²) in [5, 5.41) is 2.42. The Morgan fingerprint density at radius 1 is 0.621 bits per heavy atom. The number of aromatic amines is 1. The minimum absolute atomic E-state index is 0.896. The molecule has 0 aliphatic rings. The average Bonchev–Trinajstić information content (AvgIpc) is 3.19. The highest BCUT2D eigenvalue weighted by Crippen LogP contribution is 2.35. The third-order valence-electron chi connectivity index (χ3n) is 5.41. The number of benzene rings is 4. The van der Waals surface area contributed by atoms with Crippen molar-refractivity contribution in [1.82, 2.24) is 9.97 Å². The molecule has 0 saturated heterocycles. The van der Waals surface area contributed by atoms with Gasteiger partial charge in [-0.25, -0.2) is 4.98 Å². The highest BCUT2D eigenvalue weighted by molar-refractivity contribution is 5.96. The number of hydrogen-bond acceptors (Lipinski definition) is 1. The number of H-pyrrole nitrogens is 1. The first kappa shape index (κ1) is 17.4. The van der Waals surface area contributed by atoms with Crippen LogP contribution in [0.4, 0.5) is 0 Å². The Bertz CT molecular complexity index is 1220. The molecule has 4 aromatic carbocycles. The van der Waals surface area contributed by atoms with Gasteiger partial charge in [-0.3, -0.25) is 0 Å². The lowest BCUT2D eigenvalue weighted by Crippen LogP contribution is -1.84. The summed E-state index contributed by atoms with van der Waals surface area (Å²) in [6, 6.07) is 32.0. The Balaban J connectivity index is 1.74. The van der Waals surface area contributed by atoms with Crippen molar-refractivity contribution in [2.45, 2.75) is 13.8 Å². The summed E-state index contributed by atoms with van der Waals surface area (Å²) in [7, 11) is 0. The van der Waals surface area contributed by atoms with Gasteiger partial charge in [0.05, 0.1) is 11.4 Å². The Kier molecular flexibility index (Phi) is 4.25. The number of hydrogen-bond donors (Lipinski definition) is 1. The van der Waals surface area contributed by atoms with E-state index in [4.69, 9.17) is 4.98 Å². The molecule has 5 aromatic rings. The van der Waals surface area contributed by atoms with Crippen LogP contribution >= 0.6 is 0 Å². The van der Waals surface area contributed by atoms with Gasteiger partial charge in [0.25, 0.3) is 0 Å². The van der Waals surface area contributed by atoms with E-state index in [1.54, 1.807) is 0 Å². The number of aryl methyl sites for hydroxylation is 2.